The van der Waals surface area contributed by atoms with Gasteiger partial charge in [0.25, 0.3) is 0 Å². The van der Waals surface area contributed by atoms with Gasteiger partial charge in [0, 0.05) is 19.3 Å². The van der Waals surface area contributed by atoms with Crippen LogP contribution in [-0.2, 0) is 29.0 Å². The van der Waals surface area contributed by atoms with E-state index in [2.05, 4.69) is 5.32 Å². The molecule has 0 spiro atoms. The van der Waals surface area contributed by atoms with Gasteiger partial charge in [-0.2, -0.15) is 0 Å². The minimum atomic E-state index is -0.0599. The van der Waals surface area contributed by atoms with E-state index in [1.54, 1.807) is 11.9 Å². The van der Waals surface area contributed by atoms with Crippen molar-refractivity contribution in [3.8, 4) is 11.5 Å². The number of carbonyl (C=O) groups excluding carboxylic acids is 2. The number of fused-ring (bicyclic) bond motifs is 2. The SMILES string of the molecule is CN1C(=O)Cc2cc(CC(=O)NCc3ccc4c(c3)OCO4)ccc21. The maximum Gasteiger partial charge on any atom is 0.231 e. The molecule has 0 bridgehead atoms. The quantitative estimate of drug-likeness (QED) is 0.923. The fraction of sp³-hybridized carbons (Fsp3) is 0.263. The Morgan fingerprint density at radius 3 is 2.80 bits per heavy atom. The van der Waals surface area contributed by atoms with Crippen LogP contribution in [0.25, 0.3) is 0 Å². The highest BCUT2D eigenvalue weighted by Crippen LogP contribution is 2.32. The van der Waals surface area contributed by atoms with Crippen LogP contribution in [0.5, 0.6) is 11.5 Å². The number of nitrogens with one attached hydrogen (secondary N) is 1. The van der Waals surface area contributed by atoms with Crippen LogP contribution in [0.4, 0.5) is 5.69 Å². The molecule has 2 aromatic carbocycles. The van der Waals surface area contributed by atoms with Gasteiger partial charge in [0.05, 0.1) is 12.8 Å². The summed E-state index contributed by atoms with van der Waals surface area (Å²) < 4.78 is 10.6. The number of benzene rings is 2. The van der Waals surface area contributed by atoms with Gasteiger partial charge in [0.2, 0.25) is 18.6 Å². The summed E-state index contributed by atoms with van der Waals surface area (Å²) in [6, 6.07) is 11.4. The molecule has 2 aromatic rings. The van der Waals surface area contributed by atoms with E-state index in [1.807, 2.05) is 36.4 Å². The van der Waals surface area contributed by atoms with Crippen LogP contribution in [0.3, 0.4) is 0 Å². The van der Waals surface area contributed by atoms with Crippen molar-refractivity contribution >= 4 is 17.5 Å². The fourth-order valence-corrected chi connectivity index (χ4v) is 3.13. The number of nitrogens with zero attached hydrogens (tertiary/aromatic N) is 1. The van der Waals surface area contributed by atoms with Crippen LogP contribution in [0.1, 0.15) is 16.7 Å². The number of ether oxygens (including phenoxy) is 2. The molecule has 6 heteroatoms. The lowest BCUT2D eigenvalue weighted by atomic mass is 10.1. The Bertz CT molecular complexity index is 862. The van der Waals surface area contributed by atoms with E-state index in [0.717, 1.165) is 28.1 Å². The molecule has 0 aromatic heterocycles. The standard InChI is InChI=1S/C19H18N2O4/c1-21-15-4-2-12(6-14(15)9-19(21)23)8-18(22)20-10-13-3-5-16-17(7-13)25-11-24-16/h2-7H,8-11H2,1H3,(H,20,22). The molecule has 2 amide bonds. The second kappa shape index (κ2) is 6.12. The number of carbonyl (C=O) groups is 2. The van der Waals surface area contributed by atoms with E-state index in [4.69, 9.17) is 9.47 Å². The van der Waals surface area contributed by atoms with Crippen LogP contribution in [0, 0.1) is 0 Å². The lowest BCUT2D eigenvalue weighted by Crippen LogP contribution is -2.24. The Balaban J connectivity index is 1.37. The van der Waals surface area contributed by atoms with Gasteiger partial charge in [-0.15, -0.1) is 0 Å². The van der Waals surface area contributed by atoms with Gasteiger partial charge in [-0.1, -0.05) is 18.2 Å². The van der Waals surface area contributed by atoms with Crippen LogP contribution < -0.4 is 19.7 Å². The van der Waals surface area contributed by atoms with Crippen molar-refractivity contribution in [2.45, 2.75) is 19.4 Å². The highest BCUT2D eigenvalue weighted by atomic mass is 16.7. The predicted octanol–water partition coefficient (Wildman–Crippen LogP) is 1.79. The van der Waals surface area contributed by atoms with Gasteiger partial charge in [0.15, 0.2) is 11.5 Å². The zero-order chi connectivity index (χ0) is 17.4. The van der Waals surface area contributed by atoms with E-state index in [9.17, 15) is 9.59 Å². The lowest BCUT2D eigenvalue weighted by Gasteiger charge is -2.11. The van der Waals surface area contributed by atoms with E-state index in [-0.39, 0.29) is 25.0 Å². The molecule has 25 heavy (non-hydrogen) atoms. The number of anilines is 1. The van der Waals surface area contributed by atoms with E-state index in [1.165, 1.54) is 0 Å². The second-order valence-corrected chi connectivity index (χ2v) is 6.23. The van der Waals surface area contributed by atoms with Crippen molar-refractivity contribution in [1.82, 2.24) is 5.32 Å². The molecule has 0 aliphatic carbocycles. The minimum Gasteiger partial charge on any atom is -0.454 e. The predicted molar refractivity (Wildman–Crippen MR) is 91.7 cm³/mol. The number of hydrogen-bond acceptors (Lipinski definition) is 4. The molecule has 0 saturated heterocycles. The summed E-state index contributed by atoms with van der Waals surface area (Å²) in [7, 11) is 1.77. The molecule has 4 rings (SSSR count). The molecule has 128 valence electrons. The molecule has 0 saturated carbocycles. The average Bonchev–Trinajstić information content (AvgIpc) is 3.17. The highest BCUT2D eigenvalue weighted by molar-refractivity contribution is 6.01. The highest BCUT2D eigenvalue weighted by Gasteiger charge is 2.24. The molecule has 0 fully saturated rings. The minimum absolute atomic E-state index is 0.0599. The van der Waals surface area contributed by atoms with Crippen LogP contribution in [0.2, 0.25) is 0 Å². The molecule has 0 atom stereocenters. The van der Waals surface area contributed by atoms with Gasteiger partial charge < -0.3 is 19.7 Å². The topological polar surface area (TPSA) is 67.9 Å². The Morgan fingerprint density at radius 2 is 1.92 bits per heavy atom. The second-order valence-electron chi connectivity index (χ2n) is 6.23. The third-order valence-corrected chi connectivity index (χ3v) is 4.51. The first kappa shape index (κ1) is 15.5. The first-order chi connectivity index (χ1) is 12.1. The molecule has 2 heterocycles. The average molecular weight is 338 g/mol. The van der Waals surface area contributed by atoms with Gasteiger partial charge in [-0.05, 0) is 34.9 Å². The molecule has 2 aliphatic heterocycles. The lowest BCUT2D eigenvalue weighted by molar-refractivity contribution is -0.120. The fourth-order valence-electron chi connectivity index (χ4n) is 3.13. The normalized spacial score (nSPS) is 14.6. The van der Waals surface area contributed by atoms with Gasteiger partial charge >= 0.3 is 0 Å². The summed E-state index contributed by atoms with van der Waals surface area (Å²) in [5.41, 5.74) is 3.77. The number of hydrogen-bond donors (Lipinski definition) is 1. The summed E-state index contributed by atoms with van der Waals surface area (Å²) in [4.78, 5) is 25.6. The van der Waals surface area contributed by atoms with Crippen LogP contribution >= 0.6 is 0 Å². The van der Waals surface area contributed by atoms with E-state index >= 15 is 0 Å². The third-order valence-electron chi connectivity index (χ3n) is 4.51. The Kier molecular flexibility index (Phi) is 3.80. The van der Waals surface area contributed by atoms with Crippen molar-refractivity contribution in [3.05, 3.63) is 53.1 Å². The zero-order valence-electron chi connectivity index (χ0n) is 13.9. The molecule has 0 radical (unpaired) electrons. The molecule has 0 unspecified atom stereocenters. The van der Waals surface area contributed by atoms with Gasteiger partial charge in [-0.25, -0.2) is 0 Å². The summed E-state index contributed by atoms with van der Waals surface area (Å²) in [6.45, 7) is 0.669. The molecular weight excluding hydrogens is 320 g/mol. The monoisotopic (exact) mass is 338 g/mol. The summed E-state index contributed by atoms with van der Waals surface area (Å²) in [6.07, 6.45) is 0.689. The Labute approximate surface area is 145 Å². The molecular formula is C19H18N2O4. The number of amides is 2. The van der Waals surface area contributed by atoms with Gasteiger partial charge in [-0.3, -0.25) is 9.59 Å². The maximum absolute atomic E-state index is 12.2. The summed E-state index contributed by atoms with van der Waals surface area (Å²) >= 11 is 0. The Morgan fingerprint density at radius 1 is 1.12 bits per heavy atom. The first-order valence-corrected chi connectivity index (χ1v) is 8.14. The largest absolute Gasteiger partial charge is 0.454 e. The number of rotatable bonds is 4. The molecule has 1 N–H and O–H groups in total. The van der Waals surface area contributed by atoms with Crippen molar-refractivity contribution < 1.29 is 19.1 Å². The summed E-state index contributed by atoms with van der Waals surface area (Å²) in [5.74, 6) is 1.46. The molecule has 6 nitrogen and oxygen atoms in total. The maximum atomic E-state index is 12.2. The van der Waals surface area contributed by atoms with Crippen LogP contribution in [-0.4, -0.2) is 25.7 Å². The Hall–Kier alpha value is -3.02. The van der Waals surface area contributed by atoms with Gasteiger partial charge in [0.1, 0.15) is 0 Å². The van der Waals surface area contributed by atoms with E-state index < -0.39 is 0 Å². The van der Waals surface area contributed by atoms with Crippen molar-refractivity contribution in [1.29, 1.82) is 0 Å². The number of likely N-dealkylation sites (N-methyl/N-ethyl adjacent to an activating group) is 1. The van der Waals surface area contributed by atoms with Crippen LogP contribution in [0.15, 0.2) is 36.4 Å². The van der Waals surface area contributed by atoms with Crippen molar-refractivity contribution in [2.24, 2.45) is 0 Å². The smallest absolute Gasteiger partial charge is 0.231 e. The summed E-state index contributed by atoms with van der Waals surface area (Å²) in [5, 5.41) is 2.91. The first-order valence-electron chi connectivity index (χ1n) is 8.14. The van der Waals surface area contributed by atoms with Crippen molar-refractivity contribution in [3.63, 3.8) is 0 Å². The van der Waals surface area contributed by atoms with Crippen molar-refractivity contribution in [2.75, 3.05) is 18.7 Å². The zero-order valence-corrected chi connectivity index (χ0v) is 13.9. The third kappa shape index (κ3) is 3.03. The van der Waals surface area contributed by atoms with E-state index in [0.29, 0.717) is 18.7 Å². The molecule has 2 aliphatic rings.